The molecule has 1 aromatic heterocycles. The summed E-state index contributed by atoms with van der Waals surface area (Å²) in [6.07, 6.45) is 7.46. The number of hydrogen-bond acceptors (Lipinski definition) is 2. The van der Waals surface area contributed by atoms with Crippen molar-refractivity contribution in [2.75, 3.05) is 6.54 Å². The topological polar surface area (TPSA) is 60.0 Å². The maximum atomic E-state index is 12.7. The van der Waals surface area contributed by atoms with E-state index in [1.807, 2.05) is 16.8 Å². The van der Waals surface area contributed by atoms with Gasteiger partial charge in [0, 0.05) is 23.8 Å². The highest BCUT2D eigenvalue weighted by atomic mass is 79.9. The predicted octanol–water partition coefficient (Wildman–Crippen LogP) is 3.30. The summed E-state index contributed by atoms with van der Waals surface area (Å²) >= 11 is 3.46. The molecular formula is C16H26BrN3O. The second-order valence-corrected chi connectivity index (χ2v) is 7.11. The van der Waals surface area contributed by atoms with Crippen LogP contribution in [0.5, 0.6) is 0 Å². The number of carbonyl (C=O) groups excluding carboxylic acids is 1. The molecule has 21 heavy (non-hydrogen) atoms. The molecule has 0 spiro atoms. The Morgan fingerprint density at radius 2 is 2.33 bits per heavy atom. The lowest BCUT2D eigenvalue weighted by Gasteiger charge is -2.42. The number of rotatable bonds is 5. The van der Waals surface area contributed by atoms with Gasteiger partial charge in [-0.2, -0.15) is 0 Å². The predicted molar refractivity (Wildman–Crippen MR) is 89.3 cm³/mol. The second-order valence-electron chi connectivity index (χ2n) is 6.20. The maximum Gasteiger partial charge on any atom is 0.268 e. The number of halogens is 1. The Labute approximate surface area is 135 Å². The molecule has 1 aliphatic carbocycles. The average molecular weight is 356 g/mol. The SMILES string of the molecule is CCCn1cc(Br)cc1C(=O)NC1(CN)CCCCC1C. The highest BCUT2D eigenvalue weighted by molar-refractivity contribution is 9.10. The summed E-state index contributed by atoms with van der Waals surface area (Å²) in [4.78, 5) is 12.7. The first-order valence-corrected chi connectivity index (χ1v) is 8.70. The number of aromatic nitrogens is 1. The first-order valence-electron chi connectivity index (χ1n) is 7.90. The van der Waals surface area contributed by atoms with E-state index in [-0.39, 0.29) is 11.4 Å². The van der Waals surface area contributed by atoms with Crippen LogP contribution in [-0.4, -0.2) is 22.6 Å². The van der Waals surface area contributed by atoms with Crippen LogP contribution in [0.1, 0.15) is 56.4 Å². The van der Waals surface area contributed by atoms with Gasteiger partial charge in [0.05, 0.1) is 5.54 Å². The van der Waals surface area contributed by atoms with Crippen molar-refractivity contribution in [3.05, 3.63) is 22.4 Å². The number of carbonyl (C=O) groups is 1. The Morgan fingerprint density at radius 3 is 2.95 bits per heavy atom. The molecule has 1 fully saturated rings. The summed E-state index contributed by atoms with van der Waals surface area (Å²) in [6, 6.07) is 1.89. The normalized spacial score (nSPS) is 25.8. The Morgan fingerprint density at radius 1 is 1.57 bits per heavy atom. The van der Waals surface area contributed by atoms with Gasteiger partial charge in [0.2, 0.25) is 0 Å². The third-order valence-electron chi connectivity index (χ3n) is 4.74. The fraction of sp³-hybridized carbons (Fsp3) is 0.688. The first-order chi connectivity index (χ1) is 10.0. The quantitative estimate of drug-likeness (QED) is 0.851. The number of hydrogen-bond donors (Lipinski definition) is 2. The number of nitrogens with one attached hydrogen (secondary N) is 1. The average Bonchev–Trinajstić information content (AvgIpc) is 2.83. The van der Waals surface area contributed by atoms with Crippen molar-refractivity contribution in [1.29, 1.82) is 0 Å². The first kappa shape index (κ1) is 16.6. The van der Waals surface area contributed by atoms with Crippen LogP contribution >= 0.6 is 15.9 Å². The van der Waals surface area contributed by atoms with Gasteiger partial charge in [0.25, 0.3) is 5.91 Å². The molecule has 4 nitrogen and oxygen atoms in total. The number of nitrogens with two attached hydrogens (primary N) is 1. The summed E-state index contributed by atoms with van der Waals surface area (Å²) in [5, 5.41) is 3.25. The van der Waals surface area contributed by atoms with Crippen LogP contribution in [0.15, 0.2) is 16.7 Å². The lowest BCUT2D eigenvalue weighted by Crippen LogP contribution is -2.59. The van der Waals surface area contributed by atoms with E-state index in [9.17, 15) is 4.79 Å². The molecular weight excluding hydrogens is 330 g/mol. The van der Waals surface area contributed by atoms with Gasteiger partial charge in [-0.05, 0) is 47.2 Å². The van der Waals surface area contributed by atoms with E-state index >= 15 is 0 Å². The van der Waals surface area contributed by atoms with Gasteiger partial charge in [-0.3, -0.25) is 4.79 Å². The molecule has 5 heteroatoms. The summed E-state index contributed by atoms with van der Waals surface area (Å²) in [7, 11) is 0. The Balaban J connectivity index is 2.19. The van der Waals surface area contributed by atoms with E-state index in [2.05, 4.69) is 35.1 Å². The van der Waals surface area contributed by atoms with E-state index in [1.165, 1.54) is 6.42 Å². The smallest absolute Gasteiger partial charge is 0.268 e. The highest BCUT2D eigenvalue weighted by Crippen LogP contribution is 2.33. The van der Waals surface area contributed by atoms with Gasteiger partial charge in [0.1, 0.15) is 5.69 Å². The van der Waals surface area contributed by atoms with Crippen LogP contribution in [0.2, 0.25) is 0 Å². The van der Waals surface area contributed by atoms with Gasteiger partial charge in [0.15, 0.2) is 0 Å². The van der Waals surface area contributed by atoms with Crippen LogP contribution in [0.25, 0.3) is 0 Å². The fourth-order valence-corrected chi connectivity index (χ4v) is 3.80. The molecule has 2 unspecified atom stereocenters. The molecule has 3 N–H and O–H groups in total. The van der Waals surface area contributed by atoms with Crippen molar-refractivity contribution in [2.24, 2.45) is 11.7 Å². The van der Waals surface area contributed by atoms with Gasteiger partial charge in [-0.1, -0.05) is 26.7 Å². The van der Waals surface area contributed by atoms with Crippen molar-refractivity contribution in [2.45, 2.75) is 58.0 Å². The highest BCUT2D eigenvalue weighted by Gasteiger charge is 2.38. The van der Waals surface area contributed by atoms with Gasteiger partial charge < -0.3 is 15.6 Å². The minimum atomic E-state index is -0.247. The fourth-order valence-electron chi connectivity index (χ4n) is 3.33. The summed E-state index contributed by atoms with van der Waals surface area (Å²) in [5.41, 5.74) is 6.50. The van der Waals surface area contributed by atoms with Crippen molar-refractivity contribution in [3.8, 4) is 0 Å². The molecule has 1 amide bonds. The zero-order chi connectivity index (χ0) is 15.5. The summed E-state index contributed by atoms with van der Waals surface area (Å²) < 4.78 is 2.96. The van der Waals surface area contributed by atoms with Crippen LogP contribution in [0, 0.1) is 5.92 Å². The second kappa shape index (κ2) is 6.97. The maximum absolute atomic E-state index is 12.7. The molecule has 1 heterocycles. The minimum absolute atomic E-state index is 0.00616. The Kier molecular flexibility index (Phi) is 5.49. The van der Waals surface area contributed by atoms with Crippen LogP contribution in [0.4, 0.5) is 0 Å². The Hall–Kier alpha value is -0.810. The molecule has 2 atom stereocenters. The minimum Gasteiger partial charge on any atom is -0.344 e. The van der Waals surface area contributed by atoms with Crippen molar-refractivity contribution >= 4 is 21.8 Å². The lowest BCUT2D eigenvalue weighted by atomic mass is 9.73. The molecule has 0 radical (unpaired) electrons. The Bertz CT molecular complexity index is 500. The van der Waals surface area contributed by atoms with Crippen molar-refractivity contribution < 1.29 is 4.79 Å². The number of amides is 1. The largest absolute Gasteiger partial charge is 0.344 e. The molecule has 0 aliphatic heterocycles. The monoisotopic (exact) mass is 355 g/mol. The molecule has 0 saturated heterocycles. The third kappa shape index (κ3) is 3.51. The van der Waals surface area contributed by atoms with E-state index < -0.39 is 0 Å². The van der Waals surface area contributed by atoms with E-state index in [0.717, 1.165) is 36.7 Å². The summed E-state index contributed by atoms with van der Waals surface area (Å²) in [5.74, 6) is 0.423. The molecule has 2 rings (SSSR count). The molecule has 1 saturated carbocycles. The number of aryl methyl sites for hydroxylation is 1. The van der Waals surface area contributed by atoms with Gasteiger partial charge in [-0.25, -0.2) is 0 Å². The van der Waals surface area contributed by atoms with Crippen molar-refractivity contribution in [3.63, 3.8) is 0 Å². The van der Waals surface area contributed by atoms with Crippen LogP contribution < -0.4 is 11.1 Å². The summed E-state index contributed by atoms with van der Waals surface area (Å²) in [6.45, 7) is 5.67. The van der Waals surface area contributed by atoms with Crippen molar-refractivity contribution in [1.82, 2.24) is 9.88 Å². The molecule has 1 aliphatic rings. The molecule has 0 bridgehead atoms. The molecule has 118 valence electrons. The van der Waals surface area contributed by atoms with E-state index in [4.69, 9.17) is 5.73 Å². The number of nitrogens with zero attached hydrogens (tertiary/aromatic N) is 1. The third-order valence-corrected chi connectivity index (χ3v) is 5.17. The zero-order valence-electron chi connectivity index (χ0n) is 13.0. The lowest BCUT2D eigenvalue weighted by molar-refractivity contribution is 0.0803. The van der Waals surface area contributed by atoms with E-state index in [1.54, 1.807) is 0 Å². The van der Waals surface area contributed by atoms with Gasteiger partial charge in [-0.15, -0.1) is 0 Å². The standard InChI is InChI=1S/C16H26BrN3O/c1-3-8-20-10-13(17)9-14(20)15(21)19-16(11-18)7-5-4-6-12(16)2/h9-10,12H,3-8,11,18H2,1-2H3,(H,19,21). The zero-order valence-corrected chi connectivity index (χ0v) is 14.6. The molecule has 0 aromatic carbocycles. The van der Waals surface area contributed by atoms with E-state index in [0.29, 0.717) is 18.2 Å². The molecule has 1 aromatic rings. The van der Waals surface area contributed by atoms with Crippen LogP contribution in [-0.2, 0) is 6.54 Å². The van der Waals surface area contributed by atoms with Crippen LogP contribution in [0.3, 0.4) is 0 Å². The van der Waals surface area contributed by atoms with Gasteiger partial charge >= 0.3 is 0 Å².